The quantitative estimate of drug-likeness (QED) is 0.675. The molecule has 0 aromatic heterocycles. The van der Waals surface area contributed by atoms with Gasteiger partial charge in [0.1, 0.15) is 0 Å². The number of benzene rings is 1. The van der Waals surface area contributed by atoms with E-state index in [-0.39, 0.29) is 18.4 Å². The average molecular weight is 400 g/mol. The van der Waals surface area contributed by atoms with Crippen molar-refractivity contribution in [3.63, 3.8) is 0 Å². The van der Waals surface area contributed by atoms with Crippen LogP contribution in [0.15, 0.2) is 24.3 Å². The van der Waals surface area contributed by atoms with Gasteiger partial charge < -0.3 is 14.7 Å². The zero-order chi connectivity index (χ0) is 20.6. The number of carbonyl (C=O) groups is 2. The molecule has 0 unspecified atom stereocenters. The summed E-state index contributed by atoms with van der Waals surface area (Å²) in [5, 5.41) is 0. The number of amides is 2. The third-order valence-corrected chi connectivity index (χ3v) is 6.63. The Kier molecular flexibility index (Phi) is 8.10. The van der Waals surface area contributed by atoms with Crippen LogP contribution in [0.2, 0.25) is 0 Å². The van der Waals surface area contributed by atoms with E-state index in [0.717, 1.165) is 71.4 Å². The monoisotopic (exact) mass is 399 g/mol. The number of nitrogens with zero attached hydrogens (tertiary/aromatic N) is 3. The Balaban J connectivity index is 1.40. The first-order chi connectivity index (χ1) is 14.1. The average Bonchev–Trinajstić information content (AvgIpc) is 2.74. The van der Waals surface area contributed by atoms with Gasteiger partial charge in [-0.2, -0.15) is 0 Å². The number of likely N-dealkylation sites (tertiary alicyclic amines) is 2. The zero-order valence-electron chi connectivity index (χ0n) is 18.2. The van der Waals surface area contributed by atoms with Crippen LogP contribution in [0.25, 0.3) is 0 Å². The Bertz CT molecular complexity index is 682. The van der Waals surface area contributed by atoms with E-state index in [1.807, 2.05) is 11.8 Å². The normalized spacial score (nSPS) is 18.8. The van der Waals surface area contributed by atoms with E-state index in [0.29, 0.717) is 12.3 Å². The molecule has 2 aliphatic heterocycles. The molecular weight excluding hydrogens is 362 g/mol. The minimum atomic E-state index is 0.115. The highest BCUT2D eigenvalue weighted by Crippen LogP contribution is 2.20. The van der Waals surface area contributed by atoms with Gasteiger partial charge in [0.05, 0.1) is 6.54 Å². The molecule has 2 amide bonds. The largest absolute Gasteiger partial charge is 0.341 e. The maximum absolute atomic E-state index is 12.7. The zero-order valence-corrected chi connectivity index (χ0v) is 18.2. The van der Waals surface area contributed by atoms with Gasteiger partial charge in [-0.05, 0) is 76.1 Å². The highest BCUT2D eigenvalue weighted by atomic mass is 16.2. The van der Waals surface area contributed by atoms with Crippen molar-refractivity contribution in [2.75, 3.05) is 45.8 Å². The maximum Gasteiger partial charge on any atom is 0.242 e. The van der Waals surface area contributed by atoms with Crippen molar-refractivity contribution in [2.45, 2.75) is 52.4 Å². The molecule has 5 nitrogen and oxygen atoms in total. The number of rotatable bonds is 8. The summed E-state index contributed by atoms with van der Waals surface area (Å²) in [6.45, 7) is 10.2. The van der Waals surface area contributed by atoms with Crippen molar-refractivity contribution >= 4 is 11.8 Å². The van der Waals surface area contributed by atoms with E-state index in [9.17, 15) is 9.59 Å². The maximum atomic E-state index is 12.7. The van der Waals surface area contributed by atoms with Crippen molar-refractivity contribution in [3.8, 4) is 0 Å². The predicted octanol–water partition coefficient (Wildman–Crippen LogP) is 3.11. The first kappa shape index (κ1) is 21.8. The summed E-state index contributed by atoms with van der Waals surface area (Å²) in [4.78, 5) is 31.0. The second-order valence-electron chi connectivity index (χ2n) is 8.67. The molecule has 0 atom stereocenters. The van der Waals surface area contributed by atoms with Gasteiger partial charge in [0.15, 0.2) is 0 Å². The first-order valence-corrected chi connectivity index (χ1v) is 11.4. The van der Waals surface area contributed by atoms with E-state index >= 15 is 0 Å². The van der Waals surface area contributed by atoms with Gasteiger partial charge in [-0.3, -0.25) is 9.59 Å². The van der Waals surface area contributed by atoms with E-state index in [4.69, 9.17) is 0 Å². The molecule has 2 saturated heterocycles. The van der Waals surface area contributed by atoms with E-state index in [1.54, 1.807) is 4.90 Å². The Morgan fingerprint density at radius 2 is 1.90 bits per heavy atom. The number of aryl methyl sites for hydroxylation is 1. The van der Waals surface area contributed by atoms with E-state index in [1.165, 1.54) is 11.1 Å². The summed E-state index contributed by atoms with van der Waals surface area (Å²) in [7, 11) is 0. The highest BCUT2D eigenvalue weighted by molar-refractivity contribution is 5.85. The summed E-state index contributed by atoms with van der Waals surface area (Å²) in [6, 6.07) is 8.66. The van der Waals surface area contributed by atoms with Gasteiger partial charge in [-0.1, -0.05) is 24.3 Å². The molecule has 0 N–H and O–H groups in total. The second-order valence-corrected chi connectivity index (χ2v) is 8.67. The Morgan fingerprint density at radius 3 is 2.59 bits per heavy atom. The van der Waals surface area contributed by atoms with Gasteiger partial charge in [0, 0.05) is 32.6 Å². The molecule has 0 aliphatic carbocycles. The molecule has 29 heavy (non-hydrogen) atoms. The van der Waals surface area contributed by atoms with E-state index < -0.39 is 0 Å². The molecule has 2 fully saturated rings. The summed E-state index contributed by atoms with van der Waals surface area (Å²) in [5.41, 5.74) is 2.83. The molecule has 2 aliphatic rings. The highest BCUT2D eigenvalue weighted by Gasteiger charge is 2.26. The summed E-state index contributed by atoms with van der Waals surface area (Å²) in [6.07, 6.45) is 6.00. The molecule has 0 bridgehead atoms. The van der Waals surface area contributed by atoms with Crippen LogP contribution in [0.4, 0.5) is 0 Å². The Hall–Kier alpha value is -1.88. The number of hydrogen-bond donors (Lipinski definition) is 0. The third-order valence-electron chi connectivity index (χ3n) is 6.63. The minimum Gasteiger partial charge on any atom is -0.341 e. The lowest BCUT2D eigenvalue weighted by molar-refractivity contribution is -0.142. The number of likely N-dealkylation sites (N-methyl/N-ethyl adjacent to an activating group) is 1. The van der Waals surface area contributed by atoms with Crippen LogP contribution in [0.5, 0.6) is 0 Å². The Labute approximate surface area is 176 Å². The van der Waals surface area contributed by atoms with Crippen molar-refractivity contribution in [1.29, 1.82) is 0 Å². The SMILES string of the molecule is CCN(CC1CCN(CCc2ccccc2C)CC1)C(=O)CN1CCCCC1=O. The number of carbonyl (C=O) groups excluding carboxylic acids is 2. The van der Waals surface area contributed by atoms with Gasteiger partial charge >= 0.3 is 0 Å². The number of piperidine rings is 2. The molecular formula is C24H37N3O2. The second kappa shape index (κ2) is 10.8. The smallest absolute Gasteiger partial charge is 0.242 e. The van der Waals surface area contributed by atoms with Crippen LogP contribution in [0, 0.1) is 12.8 Å². The van der Waals surface area contributed by atoms with Crippen molar-refractivity contribution in [2.24, 2.45) is 5.92 Å². The fourth-order valence-corrected chi connectivity index (χ4v) is 4.57. The molecule has 5 heteroatoms. The fourth-order valence-electron chi connectivity index (χ4n) is 4.57. The van der Waals surface area contributed by atoms with Crippen molar-refractivity contribution in [3.05, 3.63) is 35.4 Å². The van der Waals surface area contributed by atoms with Crippen molar-refractivity contribution in [1.82, 2.24) is 14.7 Å². The Morgan fingerprint density at radius 1 is 1.14 bits per heavy atom. The van der Waals surface area contributed by atoms with Gasteiger partial charge in [-0.15, -0.1) is 0 Å². The molecule has 1 aromatic rings. The van der Waals surface area contributed by atoms with E-state index in [2.05, 4.69) is 36.1 Å². The lowest BCUT2D eigenvalue weighted by Crippen LogP contribution is -2.47. The topological polar surface area (TPSA) is 43.9 Å². The summed E-state index contributed by atoms with van der Waals surface area (Å²) < 4.78 is 0. The molecule has 0 spiro atoms. The first-order valence-electron chi connectivity index (χ1n) is 11.4. The van der Waals surface area contributed by atoms with Gasteiger partial charge in [0.2, 0.25) is 11.8 Å². The number of hydrogen-bond acceptors (Lipinski definition) is 3. The fraction of sp³-hybridized carbons (Fsp3) is 0.667. The van der Waals surface area contributed by atoms with Crippen LogP contribution in [-0.2, 0) is 16.0 Å². The minimum absolute atomic E-state index is 0.115. The van der Waals surface area contributed by atoms with Crippen LogP contribution in [0.3, 0.4) is 0 Å². The van der Waals surface area contributed by atoms with Gasteiger partial charge in [0.25, 0.3) is 0 Å². The third kappa shape index (κ3) is 6.30. The van der Waals surface area contributed by atoms with Crippen LogP contribution in [-0.4, -0.2) is 72.3 Å². The van der Waals surface area contributed by atoms with Gasteiger partial charge in [-0.25, -0.2) is 0 Å². The lowest BCUT2D eigenvalue weighted by atomic mass is 9.95. The standard InChI is InChI=1S/C24H37N3O2/c1-3-26(24(29)19-27-14-7-6-10-23(27)28)18-21-11-15-25(16-12-21)17-13-22-9-5-4-8-20(22)2/h4-5,8-9,21H,3,6-7,10-19H2,1-2H3. The molecule has 1 aromatic carbocycles. The predicted molar refractivity (Wildman–Crippen MR) is 117 cm³/mol. The molecule has 160 valence electrons. The summed E-state index contributed by atoms with van der Waals surface area (Å²) in [5.74, 6) is 0.831. The van der Waals surface area contributed by atoms with Crippen LogP contribution >= 0.6 is 0 Å². The van der Waals surface area contributed by atoms with Crippen LogP contribution in [0.1, 0.15) is 50.2 Å². The van der Waals surface area contributed by atoms with Crippen molar-refractivity contribution < 1.29 is 9.59 Å². The molecule has 0 radical (unpaired) electrons. The molecule has 3 rings (SSSR count). The molecule has 2 heterocycles. The van der Waals surface area contributed by atoms with Crippen LogP contribution < -0.4 is 0 Å². The summed E-state index contributed by atoms with van der Waals surface area (Å²) >= 11 is 0. The lowest BCUT2D eigenvalue weighted by Gasteiger charge is -2.35. The molecule has 0 saturated carbocycles.